The van der Waals surface area contributed by atoms with Crippen LogP contribution in [0.25, 0.3) is 0 Å². The van der Waals surface area contributed by atoms with Gasteiger partial charge >= 0.3 is 0 Å². The molecule has 0 amide bonds. The molecule has 1 rings (SSSR count). The molecule has 0 bridgehead atoms. The van der Waals surface area contributed by atoms with Gasteiger partial charge in [-0.05, 0) is 0 Å². The number of methoxy groups -OCH3 is 1. The molecule has 0 saturated heterocycles. The fourth-order valence-electron chi connectivity index (χ4n) is 0.685. The first-order valence-electron chi connectivity index (χ1n) is 3.10. The number of aromatic nitrogens is 2. The Morgan fingerprint density at radius 3 is 3.09 bits per heavy atom. The third-order valence-corrected chi connectivity index (χ3v) is 1.17. The maximum Gasteiger partial charge on any atom is 0.254 e. The van der Waals surface area contributed by atoms with Crippen LogP contribution < -0.4 is 16.0 Å². The molecule has 0 fully saturated rings. The molecule has 5 nitrogen and oxygen atoms in total. The smallest absolute Gasteiger partial charge is 0.254 e. The molecule has 0 aliphatic rings. The number of aromatic amines is 1. The van der Waals surface area contributed by atoms with E-state index in [0.29, 0.717) is 5.82 Å². The van der Waals surface area contributed by atoms with E-state index in [-0.39, 0.29) is 18.0 Å². The summed E-state index contributed by atoms with van der Waals surface area (Å²) in [6, 6.07) is 1.26. The van der Waals surface area contributed by atoms with Gasteiger partial charge in [0.15, 0.2) is 0 Å². The SMILES string of the molecule is COc1cc(=O)[nH]c(CN)n1. The van der Waals surface area contributed by atoms with Crippen molar-refractivity contribution in [3.63, 3.8) is 0 Å². The Bertz CT molecular complexity index is 269. The minimum atomic E-state index is -0.252. The second-order valence-electron chi connectivity index (χ2n) is 1.94. The molecule has 0 aliphatic carbocycles. The molecule has 60 valence electrons. The Hall–Kier alpha value is -1.36. The van der Waals surface area contributed by atoms with Crippen molar-refractivity contribution >= 4 is 0 Å². The average Bonchev–Trinajstić information content (AvgIpc) is 2.03. The standard InChI is InChI=1S/C6H9N3O2/c1-11-6-2-5(10)8-4(3-7)9-6/h2H,3,7H2,1H3,(H,8,9,10). The van der Waals surface area contributed by atoms with Crippen molar-refractivity contribution in [2.45, 2.75) is 6.54 Å². The van der Waals surface area contributed by atoms with Gasteiger partial charge in [-0.25, -0.2) is 0 Å². The van der Waals surface area contributed by atoms with Crippen molar-refractivity contribution in [3.8, 4) is 5.88 Å². The molecular weight excluding hydrogens is 146 g/mol. The lowest BCUT2D eigenvalue weighted by Gasteiger charge is -1.98. The minimum absolute atomic E-state index is 0.201. The zero-order valence-electron chi connectivity index (χ0n) is 6.13. The summed E-state index contributed by atoms with van der Waals surface area (Å²) in [6.45, 7) is 0.201. The number of nitrogens with one attached hydrogen (secondary N) is 1. The van der Waals surface area contributed by atoms with Crippen LogP contribution in [0.4, 0.5) is 0 Å². The zero-order chi connectivity index (χ0) is 8.27. The van der Waals surface area contributed by atoms with Gasteiger partial charge in [0, 0.05) is 0 Å². The molecule has 1 heterocycles. The van der Waals surface area contributed by atoms with Crippen LogP contribution >= 0.6 is 0 Å². The molecule has 0 atom stereocenters. The quantitative estimate of drug-likeness (QED) is 0.588. The van der Waals surface area contributed by atoms with Gasteiger partial charge in [0.1, 0.15) is 5.82 Å². The highest BCUT2D eigenvalue weighted by atomic mass is 16.5. The number of nitrogens with two attached hydrogens (primary N) is 1. The molecule has 3 N–H and O–H groups in total. The summed E-state index contributed by atoms with van der Waals surface area (Å²) in [7, 11) is 1.45. The number of rotatable bonds is 2. The van der Waals surface area contributed by atoms with Crippen LogP contribution in [0, 0.1) is 0 Å². The number of H-pyrrole nitrogens is 1. The minimum Gasteiger partial charge on any atom is -0.481 e. The van der Waals surface area contributed by atoms with E-state index in [9.17, 15) is 4.79 Å². The van der Waals surface area contributed by atoms with Crippen LogP contribution in [-0.2, 0) is 6.54 Å². The summed E-state index contributed by atoms with van der Waals surface area (Å²) in [5, 5.41) is 0. The summed E-state index contributed by atoms with van der Waals surface area (Å²) in [5.74, 6) is 0.712. The first-order valence-corrected chi connectivity index (χ1v) is 3.10. The number of hydrogen-bond donors (Lipinski definition) is 2. The number of nitrogens with zero attached hydrogens (tertiary/aromatic N) is 1. The first kappa shape index (κ1) is 7.74. The van der Waals surface area contributed by atoms with E-state index >= 15 is 0 Å². The Morgan fingerprint density at radius 2 is 2.55 bits per heavy atom. The topological polar surface area (TPSA) is 81.0 Å². The zero-order valence-corrected chi connectivity index (χ0v) is 6.13. The molecule has 5 heteroatoms. The monoisotopic (exact) mass is 155 g/mol. The molecule has 0 saturated carbocycles. The Balaban J connectivity index is 3.12. The second-order valence-corrected chi connectivity index (χ2v) is 1.94. The van der Waals surface area contributed by atoms with Crippen LogP contribution in [0.15, 0.2) is 10.9 Å². The lowest BCUT2D eigenvalue weighted by Crippen LogP contribution is -2.13. The van der Waals surface area contributed by atoms with E-state index in [0.717, 1.165) is 0 Å². The second kappa shape index (κ2) is 3.16. The van der Waals surface area contributed by atoms with Crippen LogP contribution in [-0.4, -0.2) is 17.1 Å². The lowest BCUT2D eigenvalue weighted by molar-refractivity contribution is 0.394. The molecule has 1 aromatic rings. The van der Waals surface area contributed by atoms with Gasteiger partial charge in [-0.3, -0.25) is 4.79 Å². The van der Waals surface area contributed by atoms with Gasteiger partial charge in [0.05, 0.1) is 19.7 Å². The Labute approximate surface area is 63.2 Å². The van der Waals surface area contributed by atoms with Gasteiger partial charge in [-0.2, -0.15) is 4.98 Å². The predicted molar refractivity (Wildman–Crippen MR) is 39.3 cm³/mol. The molecule has 0 radical (unpaired) electrons. The van der Waals surface area contributed by atoms with Gasteiger partial charge in [-0.1, -0.05) is 0 Å². The fraction of sp³-hybridized carbons (Fsp3) is 0.333. The molecule has 0 spiro atoms. The summed E-state index contributed by atoms with van der Waals surface area (Å²) >= 11 is 0. The van der Waals surface area contributed by atoms with E-state index in [1.165, 1.54) is 13.2 Å². The largest absolute Gasteiger partial charge is 0.481 e. The molecular formula is C6H9N3O2. The maximum atomic E-state index is 10.8. The molecule has 0 aliphatic heterocycles. The Morgan fingerprint density at radius 1 is 1.82 bits per heavy atom. The predicted octanol–water partition coefficient (Wildman–Crippen LogP) is -0.763. The van der Waals surface area contributed by atoms with Crippen LogP contribution in [0.5, 0.6) is 5.88 Å². The highest BCUT2D eigenvalue weighted by molar-refractivity contribution is 5.08. The van der Waals surface area contributed by atoms with Crippen LogP contribution in [0.1, 0.15) is 5.82 Å². The summed E-state index contributed by atoms with van der Waals surface area (Å²) in [4.78, 5) is 17.1. The Kier molecular flexibility index (Phi) is 2.22. The third-order valence-electron chi connectivity index (χ3n) is 1.17. The lowest BCUT2D eigenvalue weighted by atomic mass is 10.5. The molecule has 0 aromatic carbocycles. The van der Waals surface area contributed by atoms with Crippen molar-refractivity contribution in [2.75, 3.05) is 7.11 Å². The van der Waals surface area contributed by atoms with Crippen molar-refractivity contribution < 1.29 is 4.74 Å². The van der Waals surface area contributed by atoms with E-state index in [4.69, 9.17) is 10.5 Å². The summed E-state index contributed by atoms with van der Waals surface area (Å²) in [5.41, 5.74) is 5.00. The highest BCUT2D eigenvalue weighted by Gasteiger charge is 1.97. The van der Waals surface area contributed by atoms with E-state index in [1.54, 1.807) is 0 Å². The van der Waals surface area contributed by atoms with E-state index in [2.05, 4.69) is 9.97 Å². The van der Waals surface area contributed by atoms with E-state index in [1.807, 2.05) is 0 Å². The summed E-state index contributed by atoms with van der Waals surface area (Å²) < 4.78 is 4.75. The van der Waals surface area contributed by atoms with Crippen molar-refractivity contribution in [2.24, 2.45) is 5.73 Å². The molecule has 11 heavy (non-hydrogen) atoms. The maximum absolute atomic E-state index is 10.8. The van der Waals surface area contributed by atoms with Crippen LogP contribution in [0.2, 0.25) is 0 Å². The fourth-order valence-corrected chi connectivity index (χ4v) is 0.685. The van der Waals surface area contributed by atoms with Gasteiger partial charge < -0.3 is 15.5 Å². The van der Waals surface area contributed by atoms with Crippen molar-refractivity contribution in [3.05, 3.63) is 22.2 Å². The molecule has 1 aromatic heterocycles. The van der Waals surface area contributed by atoms with Gasteiger partial charge in [-0.15, -0.1) is 0 Å². The average molecular weight is 155 g/mol. The van der Waals surface area contributed by atoms with Crippen molar-refractivity contribution in [1.29, 1.82) is 0 Å². The highest BCUT2D eigenvalue weighted by Crippen LogP contribution is 1.98. The first-order chi connectivity index (χ1) is 5.26. The number of hydrogen-bond acceptors (Lipinski definition) is 4. The van der Waals surface area contributed by atoms with E-state index < -0.39 is 0 Å². The van der Waals surface area contributed by atoms with Gasteiger partial charge in [0.2, 0.25) is 5.88 Å². The molecule has 0 unspecified atom stereocenters. The number of ether oxygens (including phenoxy) is 1. The van der Waals surface area contributed by atoms with Crippen LogP contribution in [0.3, 0.4) is 0 Å². The third kappa shape index (κ3) is 1.78. The van der Waals surface area contributed by atoms with Crippen molar-refractivity contribution in [1.82, 2.24) is 9.97 Å². The normalized spacial score (nSPS) is 9.64. The summed E-state index contributed by atoms with van der Waals surface area (Å²) in [6.07, 6.45) is 0. The van der Waals surface area contributed by atoms with Gasteiger partial charge in [0.25, 0.3) is 5.56 Å².